The summed E-state index contributed by atoms with van der Waals surface area (Å²) in [5.41, 5.74) is 2.63. The van der Waals surface area contributed by atoms with Gasteiger partial charge in [-0.2, -0.15) is 0 Å². The minimum atomic E-state index is -0.454. The molecule has 1 aliphatic heterocycles. The first-order valence-corrected chi connectivity index (χ1v) is 10.4. The van der Waals surface area contributed by atoms with Gasteiger partial charge in [0.05, 0.1) is 11.5 Å². The van der Waals surface area contributed by atoms with Gasteiger partial charge in [-0.1, -0.05) is 56.2 Å². The Kier molecular flexibility index (Phi) is 4.72. The third-order valence-corrected chi connectivity index (χ3v) is 6.30. The van der Waals surface area contributed by atoms with Crippen molar-refractivity contribution in [2.45, 2.75) is 51.0 Å². The van der Waals surface area contributed by atoms with Crippen LogP contribution in [0.4, 0.5) is 5.13 Å². The lowest BCUT2D eigenvalue weighted by Crippen LogP contribution is -2.60. The molecular formula is C20H24N4O2S. The fourth-order valence-corrected chi connectivity index (χ4v) is 5.15. The molecule has 1 aromatic heterocycles. The normalized spacial score (nSPS) is 20.9. The summed E-state index contributed by atoms with van der Waals surface area (Å²) < 4.78 is 0. The van der Waals surface area contributed by atoms with Crippen LogP contribution < -0.4 is 5.32 Å². The third kappa shape index (κ3) is 3.04. The lowest BCUT2D eigenvalue weighted by Gasteiger charge is -2.50. The number of anilines is 1. The zero-order valence-corrected chi connectivity index (χ0v) is 16.5. The third-order valence-electron chi connectivity index (χ3n) is 5.69. The Bertz CT molecular complexity index is 843. The molecular weight excluding hydrogens is 360 g/mol. The number of nitrogens with one attached hydrogen (secondary N) is 1. The highest BCUT2D eigenvalue weighted by Gasteiger charge is 2.55. The Hall–Kier alpha value is -2.28. The Morgan fingerprint density at radius 2 is 2.07 bits per heavy atom. The molecule has 0 radical (unpaired) electrons. The molecule has 1 N–H and O–H groups in total. The monoisotopic (exact) mass is 384 g/mol. The molecule has 2 aromatic rings. The van der Waals surface area contributed by atoms with E-state index in [0.717, 1.165) is 31.2 Å². The van der Waals surface area contributed by atoms with Crippen molar-refractivity contribution in [3.05, 3.63) is 40.9 Å². The number of hydrogen-bond donors (Lipinski definition) is 1. The quantitative estimate of drug-likeness (QED) is 0.872. The first-order valence-electron chi connectivity index (χ1n) is 9.51. The van der Waals surface area contributed by atoms with E-state index in [4.69, 9.17) is 0 Å². The van der Waals surface area contributed by atoms with Gasteiger partial charge in [-0.25, -0.2) is 0 Å². The molecule has 0 unspecified atom stereocenters. The Morgan fingerprint density at radius 3 is 2.74 bits per heavy atom. The Labute approximate surface area is 163 Å². The van der Waals surface area contributed by atoms with Crippen molar-refractivity contribution < 1.29 is 9.59 Å². The van der Waals surface area contributed by atoms with Crippen molar-refractivity contribution in [1.82, 2.24) is 15.1 Å². The number of fused-ring (bicyclic) bond motifs is 1. The van der Waals surface area contributed by atoms with Gasteiger partial charge in [-0.3, -0.25) is 14.9 Å². The maximum Gasteiger partial charge on any atom is 0.254 e. The molecule has 1 spiro atoms. The van der Waals surface area contributed by atoms with Crippen LogP contribution in [-0.2, 0) is 4.79 Å². The largest absolute Gasteiger partial charge is 0.332 e. The summed E-state index contributed by atoms with van der Waals surface area (Å²) in [5.74, 6) is -0.0939. The summed E-state index contributed by atoms with van der Waals surface area (Å²) in [6.45, 7) is 4.90. The predicted molar refractivity (Wildman–Crippen MR) is 105 cm³/mol. The Morgan fingerprint density at radius 1 is 1.33 bits per heavy atom. The standard InChI is InChI=1S/C20H24N4O2S/c1-13(2)11-24-18(26)15-8-4-3-7-14(15)16(20(24)9-5-6-10-20)17(25)22-19-23-21-12-27-19/h3-4,7-8,12-13,16H,5-6,9-11H2,1-2H3,(H,22,23,25)/t16-/m0/s1. The van der Waals surface area contributed by atoms with E-state index >= 15 is 0 Å². The highest BCUT2D eigenvalue weighted by molar-refractivity contribution is 7.13. The van der Waals surface area contributed by atoms with Crippen LogP contribution in [0.1, 0.15) is 61.4 Å². The van der Waals surface area contributed by atoms with Gasteiger partial charge >= 0.3 is 0 Å². The molecule has 142 valence electrons. The number of nitrogens with zero attached hydrogens (tertiary/aromatic N) is 3. The number of carbonyl (C=O) groups is 2. The van der Waals surface area contributed by atoms with Crippen molar-refractivity contribution in [1.29, 1.82) is 0 Å². The van der Waals surface area contributed by atoms with Crippen LogP contribution in [0.15, 0.2) is 29.8 Å². The molecule has 0 bridgehead atoms. The molecule has 7 heteroatoms. The highest BCUT2D eigenvalue weighted by Crippen LogP contribution is 2.50. The zero-order valence-electron chi connectivity index (χ0n) is 15.6. The van der Waals surface area contributed by atoms with E-state index in [9.17, 15) is 9.59 Å². The van der Waals surface area contributed by atoms with Gasteiger partial charge < -0.3 is 4.90 Å². The van der Waals surface area contributed by atoms with E-state index in [1.165, 1.54) is 11.3 Å². The maximum atomic E-state index is 13.4. The van der Waals surface area contributed by atoms with Crippen LogP contribution in [0.25, 0.3) is 0 Å². The minimum Gasteiger partial charge on any atom is -0.332 e. The van der Waals surface area contributed by atoms with Gasteiger partial charge in [0.25, 0.3) is 5.91 Å². The average Bonchev–Trinajstić information content (AvgIpc) is 3.32. The molecule has 0 saturated heterocycles. The van der Waals surface area contributed by atoms with Crippen LogP contribution >= 0.6 is 11.3 Å². The van der Waals surface area contributed by atoms with Gasteiger partial charge in [0.2, 0.25) is 11.0 Å². The molecule has 6 nitrogen and oxygen atoms in total. The molecule has 1 saturated carbocycles. The molecule has 1 aromatic carbocycles. The summed E-state index contributed by atoms with van der Waals surface area (Å²) in [7, 11) is 0. The summed E-state index contributed by atoms with van der Waals surface area (Å²) in [5, 5.41) is 11.2. The molecule has 1 atom stereocenters. The SMILES string of the molecule is CC(C)CN1C(=O)c2ccccc2[C@@H](C(=O)Nc2nncs2)C12CCCC2. The van der Waals surface area contributed by atoms with Crippen molar-refractivity contribution >= 4 is 28.3 Å². The second kappa shape index (κ2) is 7.03. The second-order valence-corrected chi connectivity index (χ2v) is 8.71. The first-order chi connectivity index (χ1) is 13.0. The molecule has 27 heavy (non-hydrogen) atoms. The van der Waals surface area contributed by atoms with E-state index in [2.05, 4.69) is 29.4 Å². The molecule has 2 aliphatic rings. The number of benzene rings is 1. The van der Waals surface area contributed by atoms with Crippen LogP contribution in [0, 0.1) is 5.92 Å². The van der Waals surface area contributed by atoms with Crippen LogP contribution in [0.3, 0.4) is 0 Å². The highest BCUT2D eigenvalue weighted by atomic mass is 32.1. The van der Waals surface area contributed by atoms with Gasteiger partial charge in [-0.15, -0.1) is 10.2 Å². The average molecular weight is 385 g/mol. The van der Waals surface area contributed by atoms with Crippen molar-refractivity contribution in [3.8, 4) is 0 Å². The van der Waals surface area contributed by atoms with Crippen molar-refractivity contribution in [2.75, 3.05) is 11.9 Å². The number of carbonyl (C=O) groups excluding carboxylic acids is 2. The summed E-state index contributed by atoms with van der Waals surface area (Å²) in [6, 6.07) is 7.57. The lowest BCUT2D eigenvalue weighted by molar-refractivity contribution is -0.121. The van der Waals surface area contributed by atoms with E-state index in [0.29, 0.717) is 23.2 Å². The second-order valence-electron chi connectivity index (χ2n) is 7.87. The molecule has 4 rings (SSSR count). The number of rotatable bonds is 4. The fraction of sp³-hybridized carbons (Fsp3) is 0.500. The van der Waals surface area contributed by atoms with Gasteiger partial charge in [-0.05, 0) is 30.4 Å². The smallest absolute Gasteiger partial charge is 0.254 e. The topological polar surface area (TPSA) is 75.2 Å². The maximum absolute atomic E-state index is 13.4. The summed E-state index contributed by atoms with van der Waals surface area (Å²) >= 11 is 1.30. The van der Waals surface area contributed by atoms with E-state index in [-0.39, 0.29) is 11.8 Å². The van der Waals surface area contributed by atoms with Crippen molar-refractivity contribution in [2.24, 2.45) is 5.92 Å². The van der Waals surface area contributed by atoms with Gasteiger partial charge in [0, 0.05) is 12.1 Å². The first kappa shape index (κ1) is 18.1. The lowest BCUT2D eigenvalue weighted by atomic mass is 9.70. The zero-order chi connectivity index (χ0) is 19.0. The van der Waals surface area contributed by atoms with Crippen LogP contribution in [-0.4, -0.2) is 39.0 Å². The van der Waals surface area contributed by atoms with E-state index in [1.54, 1.807) is 5.51 Å². The predicted octanol–water partition coefficient (Wildman–Crippen LogP) is 3.69. The molecule has 1 aliphatic carbocycles. The van der Waals surface area contributed by atoms with Crippen LogP contribution in [0.5, 0.6) is 0 Å². The molecule has 1 fully saturated rings. The summed E-state index contributed by atoms with van der Waals surface area (Å²) in [4.78, 5) is 28.8. The van der Waals surface area contributed by atoms with E-state index in [1.807, 2.05) is 29.2 Å². The Balaban J connectivity index is 1.83. The van der Waals surface area contributed by atoms with Crippen molar-refractivity contribution in [3.63, 3.8) is 0 Å². The minimum absolute atomic E-state index is 0.0566. The van der Waals surface area contributed by atoms with Crippen LogP contribution in [0.2, 0.25) is 0 Å². The molecule has 2 amide bonds. The number of aromatic nitrogens is 2. The summed E-state index contributed by atoms with van der Waals surface area (Å²) in [6.07, 6.45) is 3.78. The van der Waals surface area contributed by atoms with Gasteiger partial charge in [0.1, 0.15) is 5.51 Å². The number of amides is 2. The van der Waals surface area contributed by atoms with E-state index < -0.39 is 11.5 Å². The molecule has 2 heterocycles. The number of hydrogen-bond acceptors (Lipinski definition) is 5. The van der Waals surface area contributed by atoms with Gasteiger partial charge in [0.15, 0.2) is 0 Å². The fourth-order valence-electron chi connectivity index (χ4n) is 4.70.